The van der Waals surface area contributed by atoms with E-state index in [9.17, 15) is 24.3 Å². The van der Waals surface area contributed by atoms with Crippen molar-refractivity contribution >= 4 is 47.3 Å². The highest BCUT2D eigenvalue weighted by molar-refractivity contribution is 8.01. The number of β-lactam (4-membered cyclic amide) rings is 1. The van der Waals surface area contributed by atoms with E-state index in [1.165, 1.54) is 40.2 Å². The van der Waals surface area contributed by atoms with Gasteiger partial charge in [0.25, 0.3) is 5.91 Å². The lowest BCUT2D eigenvalue weighted by Gasteiger charge is -2.49. The van der Waals surface area contributed by atoms with Crippen molar-refractivity contribution in [2.45, 2.75) is 22.6 Å². The van der Waals surface area contributed by atoms with Crippen LogP contribution in [-0.4, -0.2) is 84.0 Å². The van der Waals surface area contributed by atoms with E-state index in [1.807, 2.05) is 0 Å². The fourth-order valence-electron chi connectivity index (χ4n) is 3.68. The molecule has 35 heavy (non-hydrogen) atoms. The quantitative estimate of drug-likeness (QED) is 0.269. The van der Waals surface area contributed by atoms with Crippen molar-refractivity contribution in [3.05, 3.63) is 47.2 Å². The largest absolute Gasteiger partial charge is 0.477 e. The summed E-state index contributed by atoms with van der Waals surface area (Å²) in [6, 6.07) is 6.10. The molecule has 4 amide bonds. The molecule has 0 saturated carbocycles. The average Bonchev–Trinajstić information content (AvgIpc) is 3.28. The first kappa shape index (κ1) is 24.5. The summed E-state index contributed by atoms with van der Waals surface area (Å²) < 4.78 is 1.47. The monoisotopic (exact) mass is 518 g/mol. The molecule has 15 heteroatoms. The summed E-state index contributed by atoms with van der Waals surface area (Å²) in [5, 5.41) is 28.6. The van der Waals surface area contributed by atoms with Gasteiger partial charge in [-0.3, -0.25) is 14.5 Å². The molecule has 3 heterocycles. The van der Waals surface area contributed by atoms with Crippen LogP contribution in [0.15, 0.2) is 46.8 Å². The van der Waals surface area contributed by atoms with Crippen molar-refractivity contribution in [2.75, 3.05) is 18.6 Å². The zero-order valence-corrected chi connectivity index (χ0v) is 20.3. The molecule has 2 aliphatic rings. The molecule has 4 N–H and O–H groups in total. The number of hydrogen-bond acceptors (Lipinski definition) is 9. The van der Waals surface area contributed by atoms with E-state index in [-0.39, 0.29) is 5.70 Å². The van der Waals surface area contributed by atoms with E-state index >= 15 is 0 Å². The van der Waals surface area contributed by atoms with Gasteiger partial charge in [-0.05, 0) is 21.6 Å². The fraction of sp³-hybridized carbons (Fsp3) is 0.350. The summed E-state index contributed by atoms with van der Waals surface area (Å²) in [7, 11) is 3.10. The molecule has 13 nitrogen and oxygen atoms in total. The molecule has 2 aromatic rings. The van der Waals surface area contributed by atoms with Crippen LogP contribution in [0.25, 0.3) is 0 Å². The summed E-state index contributed by atoms with van der Waals surface area (Å²) in [5.74, 6) is -1.66. The van der Waals surface area contributed by atoms with Crippen LogP contribution < -0.4 is 16.0 Å². The van der Waals surface area contributed by atoms with Crippen LogP contribution in [0.2, 0.25) is 0 Å². The van der Waals surface area contributed by atoms with Crippen molar-refractivity contribution in [1.29, 1.82) is 0 Å². The number of tetrazole rings is 1. The zero-order valence-electron chi connectivity index (χ0n) is 18.7. The van der Waals surface area contributed by atoms with Gasteiger partial charge in [-0.1, -0.05) is 42.1 Å². The Hall–Kier alpha value is -3.59. The molecule has 4 rings (SSSR count). The van der Waals surface area contributed by atoms with Gasteiger partial charge >= 0.3 is 12.0 Å². The van der Waals surface area contributed by atoms with E-state index in [0.29, 0.717) is 27.8 Å². The molecule has 2 unspecified atom stereocenters. The maximum atomic E-state index is 13.1. The minimum atomic E-state index is -1.22. The minimum Gasteiger partial charge on any atom is -0.477 e. The second-order valence-corrected chi connectivity index (χ2v) is 9.64. The van der Waals surface area contributed by atoms with E-state index in [2.05, 4.69) is 31.5 Å². The molecule has 3 atom stereocenters. The van der Waals surface area contributed by atoms with Crippen LogP contribution in [0.4, 0.5) is 4.79 Å². The number of hydrogen-bond donors (Lipinski definition) is 4. The van der Waals surface area contributed by atoms with E-state index in [0.717, 1.165) is 0 Å². The molecule has 0 aliphatic carbocycles. The molecular weight excluding hydrogens is 496 g/mol. The van der Waals surface area contributed by atoms with Crippen molar-refractivity contribution in [3.63, 3.8) is 0 Å². The van der Waals surface area contributed by atoms with Crippen molar-refractivity contribution in [1.82, 2.24) is 41.1 Å². The molecule has 0 bridgehead atoms. The molecule has 0 radical (unpaired) electrons. The number of nitrogens with zero attached hydrogens (tertiary/aromatic N) is 5. The average molecular weight is 519 g/mol. The second kappa shape index (κ2) is 10.4. The Morgan fingerprint density at radius 3 is 2.66 bits per heavy atom. The van der Waals surface area contributed by atoms with Crippen LogP contribution in [0.1, 0.15) is 11.6 Å². The van der Waals surface area contributed by atoms with Gasteiger partial charge in [-0.25, -0.2) is 14.3 Å². The number of nitrogens with one attached hydrogen (secondary N) is 3. The number of benzene rings is 1. The summed E-state index contributed by atoms with van der Waals surface area (Å²) in [6.07, 6.45) is 0. The van der Waals surface area contributed by atoms with Crippen molar-refractivity contribution in [2.24, 2.45) is 7.05 Å². The smallest absolute Gasteiger partial charge is 0.352 e. The molecule has 1 saturated heterocycles. The number of urea groups is 1. The van der Waals surface area contributed by atoms with Crippen LogP contribution in [-0.2, 0) is 21.4 Å². The first-order chi connectivity index (χ1) is 16.8. The van der Waals surface area contributed by atoms with Crippen LogP contribution in [0.5, 0.6) is 0 Å². The zero-order chi connectivity index (χ0) is 25.1. The number of aromatic nitrogens is 4. The van der Waals surface area contributed by atoms with E-state index in [1.54, 1.807) is 37.4 Å². The van der Waals surface area contributed by atoms with Crippen LogP contribution >= 0.6 is 23.5 Å². The van der Waals surface area contributed by atoms with Gasteiger partial charge in [0, 0.05) is 25.6 Å². The van der Waals surface area contributed by atoms with Gasteiger partial charge in [-0.2, -0.15) is 0 Å². The first-order valence-corrected chi connectivity index (χ1v) is 12.4. The number of aliphatic carboxylic acids is 1. The molecule has 2 aliphatic heterocycles. The number of fused-ring (bicyclic) bond motifs is 1. The van der Waals surface area contributed by atoms with Gasteiger partial charge in [0.15, 0.2) is 0 Å². The molecule has 184 valence electrons. The number of carbonyl (C=O) groups is 4. The predicted molar refractivity (Wildman–Crippen MR) is 126 cm³/mol. The highest BCUT2D eigenvalue weighted by atomic mass is 32.2. The molecular formula is C20H22N8O5S2. The maximum Gasteiger partial charge on any atom is 0.352 e. The Balaban J connectivity index is 1.49. The van der Waals surface area contributed by atoms with Gasteiger partial charge < -0.3 is 21.1 Å². The van der Waals surface area contributed by atoms with Crippen molar-refractivity contribution < 1.29 is 24.3 Å². The Bertz CT molecular complexity index is 1190. The predicted octanol–water partition coefficient (Wildman–Crippen LogP) is -0.289. The maximum absolute atomic E-state index is 13.1. The summed E-state index contributed by atoms with van der Waals surface area (Å²) in [6.45, 7) is 0. The number of carbonyl (C=O) groups excluding carboxylic acids is 3. The number of carboxylic acid groups (broad SMARTS) is 1. The number of carboxylic acids is 1. The van der Waals surface area contributed by atoms with Gasteiger partial charge in [0.05, 0.1) is 0 Å². The normalized spacial score (nSPS) is 19.9. The Morgan fingerprint density at radius 1 is 1.29 bits per heavy atom. The van der Waals surface area contributed by atoms with Gasteiger partial charge in [0.2, 0.25) is 11.1 Å². The van der Waals surface area contributed by atoms with E-state index < -0.39 is 41.3 Å². The lowest BCUT2D eigenvalue weighted by Crippen LogP contribution is -2.71. The SMILES string of the molecule is CNC(=O)NC(C(=O)N[C@H]1C(=O)N2C(C(=O)O)=C(CSc3nnnn3C)CSC12)c1ccccc1. The number of rotatable bonds is 8. The topological polar surface area (TPSA) is 171 Å². The molecule has 1 aromatic carbocycles. The summed E-state index contributed by atoms with van der Waals surface area (Å²) >= 11 is 2.63. The first-order valence-electron chi connectivity index (χ1n) is 10.4. The third-order valence-electron chi connectivity index (χ3n) is 5.40. The number of thioether (sulfide) groups is 2. The lowest BCUT2D eigenvalue weighted by molar-refractivity contribution is -0.151. The second-order valence-electron chi connectivity index (χ2n) is 7.59. The Morgan fingerprint density at radius 2 is 2.03 bits per heavy atom. The van der Waals surface area contributed by atoms with Crippen LogP contribution in [0.3, 0.4) is 0 Å². The standard InChI is InChI=1S/C20H22N8O5S2/c1-21-19(33)23-12(10-6-4-3-5-7-10)15(29)22-13-16(30)28-14(18(31)32)11(8-34-17(13)28)9-35-20-24-25-26-27(20)2/h3-7,12-13,17H,8-9H2,1-2H3,(H,22,29)(H,31,32)(H2,21,23,33)/t12?,13-,17?/m0/s1. The summed E-state index contributed by atoms with van der Waals surface area (Å²) in [5.41, 5.74) is 1.01. The highest BCUT2D eigenvalue weighted by Crippen LogP contribution is 2.41. The Kier molecular flexibility index (Phi) is 7.25. The fourth-order valence-corrected chi connectivity index (χ4v) is 6.01. The number of amides is 4. The summed E-state index contributed by atoms with van der Waals surface area (Å²) in [4.78, 5) is 51.2. The minimum absolute atomic E-state index is 0.0880. The van der Waals surface area contributed by atoms with Crippen molar-refractivity contribution in [3.8, 4) is 0 Å². The third-order valence-corrected chi connectivity index (χ3v) is 7.84. The molecule has 1 aromatic heterocycles. The number of aryl methyl sites for hydroxylation is 1. The lowest BCUT2D eigenvalue weighted by atomic mass is 10.0. The van der Waals surface area contributed by atoms with Gasteiger partial charge in [0.1, 0.15) is 23.2 Å². The Labute approximate surface area is 208 Å². The van der Waals surface area contributed by atoms with Gasteiger partial charge in [-0.15, -0.1) is 16.9 Å². The van der Waals surface area contributed by atoms with Crippen LogP contribution in [0, 0.1) is 0 Å². The third kappa shape index (κ3) is 4.95. The highest BCUT2D eigenvalue weighted by Gasteiger charge is 2.54. The molecule has 1 fully saturated rings. The van der Waals surface area contributed by atoms with E-state index in [4.69, 9.17) is 0 Å². The molecule has 0 spiro atoms.